The number of carboxylic acid groups (broad SMARTS) is 2. The first-order valence-corrected chi connectivity index (χ1v) is 11.9. The Bertz CT molecular complexity index is 867. The lowest BCUT2D eigenvalue weighted by molar-refractivity contribution is -0.142. The molecular weight excluding hydrogens is 454 g/mol. The van der Waals surface area contributed by atoms with Gasteiger partial charge in [-0.25, -0.2) is 14.4 Å². The van der Waals surface area contributed by atoms with Gasteiger partial charge in [-0.15, -0.1) is 0 Å². The Kier molecular flexibility index (Phi) is 9.37. The molecule has 0 unspecified atom stereocenters. The summed E-state index contributed by atoms with van der Waals surface area (Å²) >= 11 is 0. The number of benzene rings is 1. The third kappa shape index (κ3) is 9.64. The molecule has 0 saturated carbocycles. The highest BCUT2D eigenvalue weighted by Crippen LogP contribution is 2.20. The molecule has 10 heteroatoms. The third-order valence-corrected chi connectivity index (χ3v) is 5.36. The van der Waals surface area contributed by atoms with Crippen LogP contribution >= 0.6 is 0 Å². The minimum Gasteiger partial charge on any atom is -0.488 e. The largest absolute Gasteiger partial charge is 0.488 e. The summed E-state index contributed by atoms with van der Waals surface area (Å²) in [5, 5.41) is 19.5. The van der Waals surface area contributed by atoms with E-state index in [1.54, 1.807) is 29.2 Å². The molecular formula is C25H39N3O7. The molecule has 0 spiro atoms. The Morgan fingerprint density at radius 2 is 1.51 bits per heavy atom. The summed E-state index contributed by atoms with van der Waals surface area (Å²) in [5.41, 5.74) is -0.220. The number of aliphatic carboxylic acids is 1. The van der Waals surface area contributed by atoms with Gasteiger partial charge in [0.25, 0.3) is 0 Å². The summed E-state index contributed by atoms with van der Waals surface area (Å²) in [7, 11) is 0. The van der Waals surface area contributed by atoms with Crippen LogP contribution in [-0.4, -0.2) is 99.6 Å². The highest BCUT2D eigenvalue weighted by molar-refractivity contribution is 5.79. The van der Waals surface area contributed by atoms with E-state index in [4.69, 9.17) is 9.47 Å². The first kappa shape index (κ1) is 28.2. The van der Waals surface area contributed by atoms with Crippen molar-refractivity contribution >= 4 is 18.2 Å². The average molecular weight is 494 g/mol. The zero-order valence-electron chi connectivity index (χ0n) is 21.6. The van der Waals surface area contributed by atoms with Crippen LogP contribution in [0, 0.1) is 0 Å². The predicted molar refractivity (Wildman–Crippen MR) is 131 cm³/mol. The van der Waals surface area contributed by atoms with Crippen LogP contribution in [-0.2, 0) is 16.0 Å². The maximum Gasteiger partial charge on any atom is 0.410 e. The van der Waals surface area contributed by atoms with Gasteiger partial charge in [0.15, 0.2) is 0 Å². The number of carboxylic acids is 1. The quantitative estimate of drug-likeness (QED) is 0.566. The number of hydrogen-bond acceptors (Lipinski definition) is 6. The van der Waals surface area contributed by atoms with E-state index in [-0.39, 0.29) is 24.7 Å². The minimum atomic E-state index is -1.28. The first-order chi connectivity index (χ1) is 16.1. The van der Waals surface area contributed by atoms with Crippen molar-refractivity contribution in [2.75, 3.05) is 39.3 Å². The van der Waals surface area contributed by atoms with E-state index in [2.05, 4.69) is 0 Å². The Labute approximate surface area is 207 Å². The van der Waals surface area contributed by atoms with E-state index in [9.17, 15) is 24.6 Å². The van der Waals surface area contributed by atoms with Crippen molar-refractivity contribution in [3.8, 4) is 5.75 Å². The second kappa shape index (κ2) is 11.6. The fourth-order valence-electron chi connectivity index (χ4n) is 3.72. The van der Waals surface area contributed by atoms with Crippen LogP contribution in [0.2, 0.25) is 0 Å². The zero-order valence-corrected chi connectivity index (χ0v) is 21.6. The van der Waals surface area contributed by atoms with Crippen LogP contribution in [0.4, 0.5) is 9.59 Å². The Balaban J connectivity index is 1.95. The second-order valence-electron chi connectivity index (χ2n) is 10.7. The van der Waals surface area contributed by atoms with Gasteiger partial charge in [0.05, 0.1) is 0 Å². The molecule has 1 saturated heterocycles. The van der Waals surface area contributed by atoms with Crippen LogP contribution in [0.1, 0.15) is 47.1 Å². The van der Waals surface area contributed by atoms with Gasteiger partial charge < -0.3 is 24.6 Å². The highest BCUT2D eigenvalue weighted by Gasteiger charge is 2.31. The second-order valence-corrected chi connectivity index (χ2v) is 10.7. The topological polar surface area (TPSA) is 120 Å². The van der Waals surface area contributed by atoms with Gasteiger partial charge in [-0.2, -0.15) is 0 Å². The predicted octanol–water partition coefficient (Wildman–Crippen LogP) is 3.39. The number of hydrogen-bond donors (Lipinski definition) is 2. The molecule has 1 fully saturated rings. The fraction of sp³-hybridized carbons (Fsp3) is 0.640. The maximum atomic E-state index is 12.2. The molecule has 1 aliphatic rings. The molecule has 0 aliphatic carbocycles. The standard InChI is InChI=1S/C25H39N3O7/c1-24(2,3)34-19-9-7-18(8-10-19)17-20(21(29)30)28(22(31)32)16-13-26-11-14-27(15-12-26)23(33)35-25(4,5)6/h7-10,20H,11-17H2,1-6H3,(H,29,30)(H,31,32)/t20-/m0/s1. The van der Waals surface area contributed by atoms with Crippen molar-refractivity contribution < 1.29 is 34.1 Å². The number of amides is 2. The molecule has 10 nitrogen and oxygen atoms in total. The van der Waals surface area contributed by atoms with E-state index in [1.807, 2.05) is 46.4 Å². The van der Waals surface area contributed by atoms with Crippen molar-refractivity contribution in [1.82, 2.24) is 14.7 Å². The summed E-state index contributed by atoms with van der Waals surface area (Å²) in [4.78, 5) is 40.8. The van der Waals surface area contributed by atoms with Crippen LogP contribution in [0.15, 0.2) is 24.3 Å². The van der Waals surface area contributed by atoms with Gasteiger partial charge >= 0.3 is 18.2 Å². The molecule has 1 aromatic rings. The average Bonchev–Trinajstić information content (AvgIpc) is 2.72. The van der Waals surface area contributed by atoms with Gasteiger partial charge in [0.1, 0.15) is 23.0 Å². The summed E-state index contributed by atoms with van der Waals surface area (Å²) in [6, 6.07) is 5.81. The van der Waals surface area contributed by atoms with Crippen LogP contribution in [0.25, 0.3) is 0 Å². The van der Waals surface area contributed by atoms with E-state index < -0.39 is 23.7 Å². The molecule has 0 radical (unpaired) electrons. The number of carbonyl (C=O) groups excluding carboxylic acids is 1. The number of ether oxygens (including phenoxy) is 2. The molecule has 1 aliphatic heterocycles. The first-order valence-electron chi connectivity index (χ1n) is 11.9. The van der Waals surface area contributed by atoms with Gasteiger partial charge in [-0.1, -0.05) is 12.1 Å². The summed E-state index contributed by atoms with van der Waals surface area (Å²) < 4.78 is 11.2. The van der Waals surface area contributed by atoms with E-state index >= 15 is 0 Å². The van der Waals surface area contributed by atoms with Gasteiger partial charge in [0.2, 0.25) is 0 Å². The molecule has 2 amide bonds. The molecule has 1 heterocycles. The Morgan fingerprint density at radius 3 is 1.97 bits per heavy atom. The number of carbonyl (C=O) groups is 3. The van der Waals surface area contributed by atoms with Crippen molar-refractivity contribution in [3.63, 3.8) is 0 Å². The van der Waals surface area contributed by atoms with Crippen molar-refractivity contribution in [2.45, 2.75) is 65.2 Å². The number of nitrogens with zero attached hydrogens (tertiary/aromatic N) is 3. The smallest absolute Gasteiger partial charge is 0.410 e. The molecule has 0 aromatic heterocycles. The molecule has 196 valence electrons. The molecule has 35 heavy (non-hydrogen) atoms. The van der Waals surface area contributed by atoms with Gasteiger partial charge in [-0.05, 0) is 59.2 Å². The van der Waals surface area contributed by atoms with Crippen molar-refractivity contribution in [3.05, 3.63) is 29.8 Å². The van der Waals surface area contributed by atoms with Crippen molar-refractivity contribution in [2.24, 2.45) is 0 Å². The van der Waals surface area contributed by atoms with Crippen LogP contribution in [0.5, 0.6) is 5.75 Å². The summed E-state index contributed by atoms with van der Waals surface area (Å²) in [6.07, 6.45) is -1.60. The van der Waals surface area contributed by atoms with E-state index in [0.29, 0.717) is 44.0 Å². The third-order valence-electron chi connectivity index (χ3n) is 5.36. The summed E-state index contributed by atoms with van der Waals surface area (Å²) in [6.45, 7) is 13.7. The van der Waals surface area contributed by atoms with E-state index in [0.717, 1.165) is 4.90 Å². The normalized spacial score (nSPS) is 15.9. The maximum absolute atomic E-state index is 12.2. The zero-order chi connectivity index (χ0) is 26.4. The van der Waals surface area contributed by atoms with Crippen molar-refractivity contribution in [1.29, 1.82) is 0 Å². The summed E-state index contributed by atoms with van der Waals surface area (Å²) in [5.74, 6) is -0.536. The molecule has 2 N–H and O–H groups in total. The fourth-order valence-corrected chi connectivity index (χ4v) is 3.72. The lowest BCUT2D eigenvalue weighted by Crippen LogP contribution is -2.53. The Hall–Kier alpha value is -3.01. The van der Waals surface area contributed by atoms with Crippen LogP contribution in [0.3, 0.4) is 0 Å². The Morgan fingerprint density at radius 1 is 0.943 bits per heavy atom. The lowest BCUT2D eigenvalue weighted by atomic mass is 10.0. The SMILES string of the molecule is CC(C)(C)OC(=O)N1CCN(CCN(C(=O)O)[C@@H](Cc2ccc(OC(C)(C)C)cc2)C(=O)O)CC1. The number of piperazine rings is 1. The number of rotatable bonds is 8. The lowest BCUT2D eigenvalue weighted by Gasteiger charge is -2.36. The molecule has 1 aromatic carbocycles. The van der Waals surface area contributed by atoms with Crippen LogP contribution < -0.4 is 4.74 Å². The monoisotopic (exact) mass is 493 g/mol. The van der Waals surface area contributed by atoms with E-state index in [1.165, 1.54) is 0 Å². The minimum absolute atomic E-state index is 0.0455. The molecule has 2 rings (SSSR count). The molecule has 0 bridgehead atoms. The molecule has 1 atom stereocenters. The highest BCUT2D eigenvalue weighted by atomic mass is 16.6. The van der Waals surface area contributed by atoms with Gasteiger partial charge in [0, 0.05) is 45.7 Å². The van der Waals surface area contributed by atoms with Gasteiger partial charge in [-0.3, -0.25) is 9.80 Å².